The van der Waals surface area contributed by atoms with Gasteiger partial charge in [-0.25, -0.2) is 0 Å². The minimum Gasteiger partial charge on any atom is -0.497 e. The molecule has 0 spiro atoms. The van der Waals surface area contributed by atoms with E-state index in [1.165, 1.54) is 0 Å². The van der Waals surface area contributed by atoms with Crippen molar-refractivity contribution in [1.29, 1.82) is 0 Å². The Hall–Kier alpha value is -3.41. The van der Waals surface area contributed by atoms with Gasteiger partial charge in [-0.2, -0.15) is 10.1 Å². The lowest BCUT2D eigenvalue weighted by molar-refractivity contribution is 0.385. The van der Waals surface area contributed by atoms with Crippen molar-refractivity contribution >= 4 is 0 Å². The molecule has 124 valence electrons. The second-order valence-electron chi connectivity index (χ2n) is 5.59. The van der Waals surface area contributed by atoms with E-state index in [-0.39, 0.29) is 0 Å². The minimum atomic E-state index is 0.560. The second kappa shape index (κ2) is 6.60. The van der Waals surface area contributed by atoms with Gasteiger partial charge in [0, 0.05) is 17.3 Å². The zero-order valence-electron chi connectivity index (χ0n) is 13.6. The van der Waals surface area contributed by atoms with Crippen LogP contribution in [-0.4, -0.2) is 27.4 Å². The van der Waals surface area contributed by atoms with Crippen LogP contribution in [0.2, 0.25) is 0 Å². The van der Waals surface area contributed by atoms with E-state index >= 15 is 0 Å². The van der Waals surface area contributed by atoms with Crippen LogP contribution in [0.4, 0.5) is 0 Å². The number of H-pyrrole nitrogens is 1. The van der Waals surface area contributed by atoms with Gasteiger partial charge >= 0.3 is 0 Å². The van der Waals surface area contributed by atoms with Crippen LogP contribution in [0.25, 0.3) is 22.6 Å². The monoisotopic (exact) mass is 332 g/mol. The number of benzene rings is 2. The Kier molecular flexibility index (Phi) is 4.00. The summed E-state index contributed by atoms with van der Waals surface area (Å²) < 4.78 is 10.6. The largest absolute Gasteiger partial charge is 0.497 e. The molecule has 6 nitrogen and oxygen atoms in total. The number of rotatable bonds is 5. The van der Waals surface area contributed by atoms with Crippen molar-refractivity contribution in [3.8, 4) is 28.4 Å². The zero-order valence-corrected chi connectivity index (χ0v) is 13.6. The molecule has 0 bridgehead atoms. The molecule has 2 aromatic heterocycles. The van der Waals surface area contributed by atoms with Crippen molar-refractivity contribution in [2.45, 2.75) is 6.42 Å². The van der Waals surface area contributed by atoms with Crippen molar-refractivity contribution < 1.29 is 9.26 Å². The Balaban J connectivity index is 1.58. The van der Waals surface area contributed by atoms with E-state index in [2.05, 4.69) is 20.3 Å². The summed E-state index contributed by atoms with van der Waals surface area (Å²) in [5, 5.41) is 11.0. The number of hydrogen-bond acceptors (Lipinski definition) is 5. The van der Waals surface area contributed by atoms with E-state index in [4.69, 9.17) is 9.26 Å². The number of methoxy groups -OCH3 is 1. The molecule has 0 unspecified atom stereocenters. The molecule has 1 N–H and O–H groups in total. The lowest BCUT2D eigenvalue weighted by Gasteiger charge is -2.01. The first-order valence-electron chi connectivity index (χ1n) is 7.87. The van der Waals surface area contributed by atoms with Crippen LogP contribution in [-0.2, 0) is 6.42 Å². The maximum absolute atomic E-state index is 5.40. The van der Waals surface area contributed by atoms with Gasteiger partial charge in [-0.15, -0.1) is 0 Å². The molecule has 25 heavy (non-hydrogen) atoms. The number of nitrogens with zero attached hydrogens (tertiary/aromatic N) is 3. The van der Waals surface area contributed by atoms with Gasteiger partial charge in [0.1, 0.15) is 5.75 Å². The summed E-state index contributed by atoms with van der Waals surface area (Å²) >= 11 is 0. The van der Waals surface area contributed by atoms with Crippen molar-refractivity contribution in [3.63, 3.8) is 0 Å². The lowest BCUT2D eigenvalue weighted by atomic mass is 10.1. The summed E-state index contributed by atoms with van der Waals surface area (Å²) in [5.74, 6) is 1.94. The summed E-state index contributed by atoms with van der Waals surface area (Å²) in [4.78, 5) is 4.51. The summed E-state index contributed by atoms with van der Waals surface area (Å²) in [7, 11) is 1.65. The first-order valence-corrected chi connectivity index (χ1v) is 7.87. The smallest absolute Gasteiger partial charge is 0.231 e. The van der Waals surface area contributed by atoms with Crippen LogP contribution in [0.1, 0.15) is 11.5 Å². The summed E-state index contributed by atoms with van der Waals surface area (Å²) in [5.41, 5.74) is 3.92. The third kappa shape index (κ3) is 3.28. The van der Waals surface area contributed by atoms with Crippen molar-refractivity contribution in [2.24, 2.45) is 0 Å². The molecule has 6 heteroatoms. The molecule has 4 rings (SSSR count). The fraction of sp³-hybridized carbons (Fsp3) is 0.105. The van der Waals surface area contributed by atoms with Crippen molar-refractivity contribution in [1.82, 2.24) is 20.3 Å². The highest BCUT2D eigenvalue weighted by Crippen LogP contribution is 2.24. The highest BCUT2D eigenvalue weighted by Gasteiger charge is 2.11. The first kappa shape index (κ1) is 15.1. The first-order chi connectivity index (χ1) is 12.3. The Labute approximate surface area is 144 Å². The van der Waals surface area contributed by atoms with Gasteiger partial charge in [-0.3, -0.25) is 5.10 Å². The molecule has 4 aromatic rings. The zero-order chi connectivity index (χ0) is 17.1. The van der Waals surface area contributed by atoms with Gasteiger partial charge in [0.25, 0.3) is 0 Å². The molecule has 0 saturated heterocycles. The fourth-order valence-corrected chi connectivity index (χ4v) is 2.64. The summed E-state index contributed by atoms with van der Waals surface area (Å²) in [6, 6.07) is 17.7. The summed E-state index contributed by atoms with van der Waals surface area (Å²) in [6.45, 7) is 0. The van der Waals surface area contributed by atoms with Gasteiger partial charge in [0.15, 0.2) is 0 Å². The molecule has 0 saturated carbocycles. The van der Waals surface area contributed by atoms with Crippen LogP contribution in [0.5, 0.6) is 5.75 Å². The minimum absolute atomic E-state index is 0.560. The third-order valence-corrected chi connectivity index (χ3v) is 3.89. The third-order valence-electron chi connectivity index (χ3n) is 3.89. The number of aromatic nitrogens is 4. The van der Waals surface area contributed by atoms with Crippen LogP contribution in [0, 0.1) is 0 Å². The average molecular weight is 332 g/mol. The molecule has 0 aliphatic heterocycles. The normalized spacial score (nSPS) is 10.8. The molecule has 0 atom stereocenters. The number of nitrogens with one attached hydrogen (secondary N) is 1. The van der Waals surface area contributed by atoms with Crippen LogP contribution in [0.15, 0.2) is 65.3 Å². The molecule has 0 aliphatic carbocycles. The van der Waals surface area contributed by atoms with Gasteiger partial charge in [-0.1, -0.05) is 35.5 Å². The van der Waals surface area contributed by atoms with Gasteiger partial charge in [0.2, 0.25) is 11.7 Å². The quantitative estimate of drug-likeness (QED) is 0.602. The molecule has 2 aromatic carbocycles. The SMILES string of the molecule is COc1cccc(Cc2nc(-c3cccc(-c4ccn[nH]4)c3)no2)c1. The fourth-order valence-electron chi connectivity index (χ4n) is 2.64. The van der Waals surface area contributed by atoms with Crippen LogP contribution in [0.3, 0.4) is 0 Å². The highest BCUT2D eigenvalue weighted by atomic mass is 16.5. The van der Waals surface area contributed by atoms with E-state index in [0.717, 1.165) is 28.1 Å². The van der Waals surface area contributed by atoms with Crippen molar-refractivity contribution in [3.05, 3.63) is 72.2 Å². The van der Waals surface area contributed by atoms with Gasteiger partial charge in [0.05, 0.1) is 19.2 Å². The Morgan fingerprint density at radius 3 is 2.76 bits per heavy atom. The maximum atomic E-state index is 5.40. The topological polar surface area (TPSA) is 76.8 Å². The molecular formula is C19H16N4O2. The number of ether oxygens (including phenoxy) is 1. The molecule has 0 amide bonds. The van der Waals surface area contributed by atoms with E-state index in [1.54, 1.807) is 13.3 Å². The summed E-state index contributed by atoms with van der Waals surface area (Å²) in [6.07, 6.45) is 2.28. The molecular weight excluding hydrogens is 316 g/mol. The number of hydrogen-bond donors (Lipinski definition) is 1. The van der Waals surface area contributed by atoms with E-state index in [1.807, 2.05) is 54.6 Å². The predicted molar refractivity (Wildman–Crippen MR) is 93.1 cm³/mol. The Morgan fingerprint density at radius 2 is 1.92 bits per heavy atom. The molecule has 2 heterocycles. The van der Waals surface area contributed by atoms with Crippen LogP contribution < -0.4 is 4.74 Å². The Morgan fingerprint density at radius 1 is 1.04 bits per heavy atom. The number of aromatic amines is 1. The van der Waals surface area contributed by atoms with Gasteiger partial charge in [-0.05, 0) is 29.8 Å². The standard InChI is InChI=1S/C19H16N4O2/c1-24-16-7-2-4-13(10-16)11-18-21-19(23-25-18)15-6-3-5-14(12-15)17-8-9-20-22-17/h2-10,12H,11H2,1H3,(H,20,22). The van der Waals surface area contributed by atoms with Crippen molar-refractivity contribution in [2.75, 3.05) is 7.11 Å². The molecule has 0 fully saturated rings. The second-order valence-corrected chi connectivity index (χ2v) is 5.59. The van der Waals surface area contributed by atoms with E-state index in [9.17, 15) is 0 Å². The van der Waals surface area contributed by atoms with Crippen LogP contribution >= 0.6 is 0 Å². The lowest BCUT2D eigenvalue weighted by Crippen LogP contribution is -1.90. The maximum Gasteiger partial charge on any atom is 0.231 e. The molecule has 0 aliphatic rings. The Bertz CT molecular complexity index is 977. The van der Waals surface area contributed by atoms with E-state index in [0.29, 0.717) is 18.1 Å². The predicted octanol–water partition coefficient (Wildman–Crippen LogP) is 3.73. The highest BCUT2D eigenvalue weighted by molar-refractivity contribution is 5.67. The average Bonchev–Trinajstić information content (AvgIpc) is 3.34. The molecule has 0 radical (unpaired) electrons. The van der Waals surface area contributed by atoms with Gasteiger partial charge < -0.3 is 9.26 Å². The van der Waals surface area contributed by atoms with E-state index < -0.39 is 0 Å².